The molecule has 2 aromatic heterocycles. The lowest BCUT2D eigenvalue weighted by molar-refractivity contribution is 0.0699. The number of pyridine rings is 1. The van der Waals surface area contributed by atoms with Gasteiger partial charge in [0.25, 0.3) is 0 Å². The molecule has 0 unspecified atom stereocenters. The lowest BCUT2D eigenvalue weighted by Crippen LogP contribution is -2.06. The second kappa shape index (κ2) is 5.88. The number of hydrogen-bond donors (Lipinski definition) is 2. The largest absolute Gasteiger partial charge is 0.478 e. The predicted octanol–water partition coefficient (Wildman–Crippen LogP) is 3.04. The highest BCUT2D eigenvalue weighted by Crippen LogP contribution is 2.19. The summed E-state index contributed by atoms with van der Waals surface area (Å²) in [6.45, 7) is 0.741. The molecule has 106 valence electrons. The molecule has 0 saturated carbocycles. The molecular formula is C15H13N3O2S. The Morgan fingerprint density at radius 3 is 2.95 bits per heavy atom. The van der Waals surface area contributed by atoms with Gasteiger partial charge in [-0.15, -0.1) is 11.3 Å². The molecule has 1 aromatic carbocycles. The maximum atomic E-state index is 11.2. The van der Waals surface area contributed by atoms with Crippen LogP contribution in [-0.4, -0.2) is 27.6 Å². The predicted molar refractivity (Wildman–Crippen MR) is 83.0 cm³/mol. The van der Waals surface area contributed by atoms with E-state index in [1.54, 1.807) is 41.8 Å². The number of thiazole rings is 1. The summed E-state index contributed by atoms with van der Waals surface area (Å²) >= 11 is 1.63. The fourth-order valence-electron chi connectivity index (χ4n) is 2.11. The van der Waals surface area contributed by atoms with Gasteiger partial charge in [-0.05, 0) is 24.3 Å². The van der Waals surface area contributed by atoms with Crippen LogP contribution in [0.2, 0.25) is 0 Å². The van der Waals surface area contributed by atoms with E-state index in [-0.39, 0.29) is 5.56 Å². The Labute approximate surface area is 125 Å². The Morgan fingerprint density at radius 1 is 1.29 bits per heavy atom. The van der Waals surface area contributed by atoms with Gasteiger partial charge in [-0.3, -0.25) is 0 Å². The smallest absolute Gasteiger partial charge is 0.336 e. The summed E-state index contributed by atoms with van der Waals surface area (Å²) in [4.78, 5) is 19.8. The number of aromatic nitrogens is 2. The lowest BCUT2D eigenvalue weighted by Gasteiger charge is -2.07. The van der Waals surface area contributed by atoms with Crippen molar-refractivity contribution in [3.05, 3.63) is 52.5 Å². The summed E-state index contributed by atoms with van der Waals surface area (Å²) in [5.41, 5.74) is 0.948. The standard InChI is InChI=1S/C15H13N3O2S/c19-15(20)11-2-1-3-12-10(11)4-5-13(18-12)16-7-6-14-17-8-9-21-14/h1-5,8-9H,6-7H2,(H,16,18)(H,19,20). The van der Waals surface area contributed by atoms with Gasteiger partial charge in [0.15, 0.2) is 0 Å². The van der Waals surface area contributed by atoms with E-state index in [1.165, 1.54) is 0 Å². The summed E-state index contributed by atoms with van der Waals surface area (Å²) in [5, 5.41) is 16.1. The number of fused-ring (bicyclic) bond motifs is 1. The quantitative estimate of drug-likeness (QED) is 0.757. The number of anilines is 1. The number of nitrogens with one attached hydrogen (secondary N) is 1. The second-order valence-electron chi connectivity index (χ2n) is 4.48. The van der Waals surface area contributed by atoms with Crippen molar-refractivity contribution in [3.8, 4) is 0 Å². The van der Waals surface area contributed by atoms with Crippen LogP contribution in [0.3, 0.4) is 0 Å². The number of rotatable bonds is 5. The van der Waals surface area contributed by atoms with E-state index >= 15 is 0 Å². The van der Waals surface area contributed by atoms with Gasteiger partial charge in [0.2, 0.25) is 0 Å². The highest BCUT2D eigenvalue weighted by atomic mass is 32.1. The Kier molecular flexibility index (Phi) is 3.79. The molecule has 0 bridgehead atoms. The number of hydrogen-bond acceptors (Lipinski definition) is 5. The highest BCUT2D eigenvalue weighted by Gasteiger charge is 2.08. The summed E-state index contributed by atoms with van der Waals surface area (Å²) in [6.07, 6.45) is 2.63. The zero-order chi connectivity index (χ0) is 14.7. The average Bonchev–Trinajstić information content (AvgIpc) is 2.99. The fourth-order valence-corrected chi connectivity index (χ4v) is 2.73. The molecule has 0 atom stereocenters. The Morgan fingerprint density at radius 2 is 2.19 bits per heavy atom. The Hall–Kier alpha value is -2.47. The van der Waals surface area contributed by atoms with E-state index in [0.717, 1.165) is 23.8 Å². The summed E-state index contributed by atoms with van der Waals surface area (Å²) in [7, 11) is 0. The SMILES string of the molecule is O=C(O)c1cccc2nc(NCCc3nccs3)ccc12. The minimum atomic E-state index is -0.938. The van der Waals surface area contributed by atoms with Crippen LogP contribution in [0, 0.1) is 0 Å². The molecule has 2 N–H and O–H groups in total. The van der Waals surface area contributed by atoms with Gasteiger partial charge in [0, 0.05) is 29.9 Å². The molecule has 0 saturated heterocycles. The van der Waals surface area contributed by atoms with Crippen LogP contribution in [0.1, 0.15) is 15.4 Å². The van der Waals surface area contributed by atoms with Gasteiger partial charge >= 0.3 is 5.97 Å². The average molecular weight is 299 g/mol. The van der Waals surface area contributed by atoms with Crippen molar-refractivity contribution in [2.45, 2.75) is 6.42 Å². The minimum Gasteiger partial charge on any atom is -0.478 e. The number of benzene rings is 1. The van der Waals surface area contributed by atoms with Crippen molar-refractivity contribution < 1.29 is 9.90 Å². The minimum absolute atomic E-state index is 0.273. The number of aromatic carboxylic acids is 1. The number of nitrogens with zero attached hydrogens (tertiary/aromatic N) is 2. The van der Waals surface area contributed by atoms with Crippen LogP contribution in [0.25, 0.3) is 10.9 Å². The van der Waals surface area contributed by atoms with E-state index in [4.69, 9.17) is 5.11 Å². The third-order valence-corrected chi connectivity index (χ3v) is 3.93. The van der Waals surface area contributed by atoms with Gasteiger partial charge in [-0.25, -0.2) is 14.8 Å². The first-order valence-corrected chi connectivity index (χ1v) is 7.37. The molecule has 5 nitrogen and oxygen atoms in total. The number of carbonyl (C=O) groups is 1. The monoisotopic (exact) mass is 299 g/mol. The third-order valence-electron chi connectivity index (χ3n) is 3.09. The van der Waals surface area contributed by atoms with Crippen LogP contribution in [-0.2, 0) is 6.42 Å². The van der Waals surface area contributed by atoms with Crippen molar-refractivity contribution in [1.82, 2.24) is 9.97 Å². The molecule has 0 aliphatic heterocycles. The van der Waals surface area contributed by atoms with Crippen molar-refractivity contribution in [1.29, 1.82) is 0 Å². The Balaban J connectivity index is 1.76. The fraction of sp³-hybridized carbons (Fsp3) is 0.133. The van der Waals surface area contributed by atoms with Gasteiger partial charge < -0.3 is 10.4 Å². The zero-order valence-corrected chi connectivity index (χ0v) is 11.9. The van der Waals surface area contributed by atoms with Crippen LogP contribution in [0.15, 0.2) is 41.9 Å². The van der Waals surface area contributed by atoms with Crippen molar-refractivity contribution in [2.75, 3.05) is 11.9 Å². The van der Waals surface area contributed by atoms with E-state index in [9.17, 15) is 4.79 Å². The maximum Gasteiger partial charge on any atom is 0.336 e. The topological polar surface area (TPSA) is 75.1 Å². The van der Waals surface area contributed by atoms with Crippen molar-refractivity contribution in [3.63, 3.8) is 0 Å². The molecule has 0 aliphatic carbocycles. The first-order valence-electron chi connectivity index (χ1n) is 6.49. The molecule has 3 rings (SSSR count). The summed E-state index contributed by atoms with van der Waals surface area (Å²) in [6, 6.07) is 8.70. The highest BCUT2D eigenvalue weighted by molar-refractivity contribution is 7.09. The third kappa shape index (κ3) is 3.00. The molecule has 0 amide bonds. The molecule has 21 heavy (non-hydrogen) atoms. The van der Waals surface area contributed by atoms with Crippen molar-refractivity contribution >= 4 is 34.0 Å². The molecule has 3 aromatic rings. The van der Waals surface area contributed by atoms with Crippen LogP contribution >= 0.6 is 11.3 Å². The van der Waals surface area contributed by atoms with Gasteiger partial charge in [0.05, 0.1) is 16.1 Å². The summed E-state index contributed by atoms with van der Waals surface area (Å²) in [5.74, 6) is -0.200. The van der Waals surface area contributed by atoms with E-state index in [2.05, 4.69) is 15.3 Å². The van der Waals surface area contributed by atoms with Crippen molar-refractivity contribution in [2.24, 2.45) is 0 Å². The van der Waals surface area contributed by atoms with Crippen LogP contribution < -0.4 is 5.32 Å². The maximum absolute atomic E-state index is 11.2. The number of carboxylic acid groups (broad SMARTS) is 1. The number of carboxylic acids is 1. The van der Waals surface area contributed by atoms with Crippen LogP contribution in [0.4, 0.5) is 5.82 Å². The zero-order valence-electron chi connectivity index (χ0n) is 11.1. The molecule has 0 radical (unpaired) electrons. The molecule has 6 heteroatoms. The van der Waals surface area contributed by atoms with Crippen LogP contribution in [0.5, 0.6) is 0 Å². The molecule has 0 fully saturated rings. The molecular weight excluding hydrogens is 286 g/mol. The van der Waals surface area contributed by atoms with E-state index < -0.39 is 5.97 Å². The summed E-state index contributed by atoms with van der Waals surface area (Å²) < 4.78 is 0. The van der Waals surface area contributed by atoms with E-state index in [0.29, 0.717) is 10.9 Å². The first-order chi connectivity index (χ1) is 10.2. The normalized spacial score (nSPS) is 10.7. The van der Waals surface area contributed by atoms with E-state index in [1.807, 2.05) is 11.4 Å². The first kappa shape index (κ1) is 13.5. The molecule has 0 spiro atoms. The van der Waals surface area contributed by atoms with Gasteiger partial charge in [0.1, 0.15) is 5.82 Å². The second-order valence-corrected chi connectivity index (χ2v) is 5.46. The van der Waals surface area contributed by atoms with Gasteiger partial charge in [-0.2, -0.15) is 0 Å². The van der Waals surface area contributed by atoms with Gasteiger partial charge in [-0.1, -0.05) is 6.07 Å². The lowest BCUT2D eigenvalue weighted by atomic mass is 10.1. The molecule has 2 heterocycles. The Bertz CT molecular complexity index is 772. The molecule has 0 aliphatic rings.